The maximum atomic E-state index is 9.92. The van der Waals surface area contributed by atoms with Gasteiger partial charge >= 0.3 is 0 Å². The van der Waals surface area contributed by atoms with Crippen molar-refractivity contribution in [3.63, 3.8) is 0 Å². The van der Waals surface area contributed by atoms with Crippen LogP contribution < -0.4 is 5.11 Å². The molecule has 0 spiro atoms. The highest BCUT2D eigenvalue weighted by Gasteiger charge is 1.98. The molecule has 0 radical (unpaired) electrons. The first-order valence-corrected chi connectivity index (χ1v) is 3.03. The summed E-state index contributed by atoms with van der Waals surface area (Å²) in [6.45, 7) is 3.77. The van der Waals surface area contributed by atoms with Crippen molar-refractivity contribution in [3.8, 4) is 0 Å². The van der Waals surface area contributed by atoms with Crippen LogP contribution in [0, 0.1) is 0 Å². The summed E-state index contributed by atoms with van der Waals surface area (Å²) < 4.78 is 1.34. The van der Waals surface area contributed by atoms with E-state index in [-0.39, 0.29) is 13.2 Å². The fourth-order valence-electron chi connectivity index (χ4n) is 0.556. The quantitative estimate of drug-likeness (QED) is 0.354. The third-order valence-electron chi connectivity index (χ3n) is 0.985. The molecular formula is C6H11NO3. The van der Waals surface area contributed by atoms with Gasteiger partial charge in [0.15, 0.2) is 6.54 Å². The van der Waals surface area contributed by atoms with Gasteiger partial charge in [-0.1, -0.05) is 0 Å². The molecule has 58 valence electrons. The minimum absolute atomic E-state index is 0.0546. The first-order valence-electron chi connectivity index (χ1n) is 3.03. The van der Waals surface area contributed by atoms with Crippen molar-refractivity contribution in [2.75, 3.05) is 19.7 Å². The summed E-state index contributed by atoms with van der Waals surface area (Å²) >= 11 is 0. The molecule has 0 heterocycles. The second-order valence-electron chi connectivity index (χ2n) is 2.00. The zero-order chi connectivity index (χ0) is 7.98. The van der Waals surface area contributed by atoms with Crippen molar-refractivity contribution >= 4 is 12.7 Å². The Kier molecular flexibility index (Phi) is 4.49. The standard InChI is InChI=1S/C6H11NO3/c1-7(3-2-4-8)5-6(9)10/h8H,1-5H2. The molecule has 0 atom stereocenters. The van der Waals surface area contributed by atoms with Gasteiger partial charge in [0.25, 0.3) is 0 Å². The number of rotatable bonds is 5. The number of hydrogen-bond donors (Lipinski definition) is 1. The van der Waals surface area contributed by atoms with Crippen LogP contribution in [-0.2, 0) is 4.79 Å². The van der Waals surface area contributed by atoms with Crippen molar-refractivity contribution in [3.05, 3.63) is 0 Å². The maximum Gasteiger partial charge on any atom is 0.181 e. The summed E-state index contributed by atoms with van der Waals surface area (Å²) in [7, 11) is 0. The average molecular weight is 145 g/mol. The Bertz CT molecular complexity index is 133. The third-order valence-corrected chi connectivity index (χ3v) is 0.985. The maximum absolute atomic E-state index is 9.92. The fourth-order valence-corrected chi connectivity index (χ4v) is 0.556. The van der Waals surface area contributed by atoms with Gasteiger partial charge in [-0.2, -0.15) is 0 Å². The summed E-state index contributed by atoms with van der Waals surface area (Å²) in [6, 6.07) is 0. The lowest BCUT2D eigenvalue weighted by Gasteiger charge is -2.00. The predicted octanol–water partition coefficient (Wildman–Crippen LogP) is -2.17. The van der Waals surface area contributed by atoms with Crippen LogP contribution in [0.5, 0.6) is 0 Å². The molecular weight excluding hydrogens is 134 g/mol. The van der Waals surface area contributed by atoms with Crippen molar-refractivity contribution in [1.82, 2.24) is 0 Å². The van der Waals surface area contributed by atoms with Gasteiger partial charge in [0.2, 0.25) is 0 Å². The van der Waals surface area contributed by atoms with Gasteiger partial charge in [-0.3, -0.25) is 0 Å². The lowest BCUT2D eigenvalue weighted by molar-refractivity contribution is -0.521. The van der Waals surface area contributed by atoms with E-state index >= 15 is 0 Å². The van der Waals surface area contributed by atoms with E-state index in [2.05, 4.69) is 6.72 Å². The molecule has 0 saturated carbocycles. The Morgan fingerprint density at radius 1 is 1.70 bits per heavy atom. The number of carboxylic acids is 1. The second-order valence-corrected chi connectivity index (χ2v) is 2.00. The van der Waals surface area contributed by atoms with E-state index in [9.17, 15) is 9.90 Å². The van der Waals surface area contributed by atoms with E-state index in [0.29, 0.717) is 13.0 Å². The minimum Gasteiger partial charge on any atom is -0.544 e. The van der Waals surface area contributed by atoms with Crippen LogP contribution in [0.15, 0.2) is 0 Å². The number of hydrogen-bond acceptors (Lipinski definition) is 3. The largest absolute Gasteiger partial charge is 0.544 e. The lowest BCUT2D eigenvalue weighted by Crippen LogP contribution is -2.33. The molecule has 4 heteroatoms. The Morgan fingerprint density at radius 3 is 2.70 bits per heavy atom. The molecule has 0 aromatic carbocycles. The highest BCUT2D eigenvalue weighted by Crippen LogP contribution is 1.77. The molecule has 0 amide bonds. The van der Waals surface area contributed by atoms with Gasteiger partial charge in [-0.15, -0.1) is 0 Å². The summed E-state index contributed by atoms with van der Waals surface area (Å²) in [4.78, 5) is 9.92. The number of nitrogens with zero attached hydrogens (tertiary/aromatic N) is 1. The third kappa shape index (κ3) is 5.24. The van der Waals surface area contributed by atoms with E-state index in [1.807, 2.05) is 0 Å². The van der Waals surface area contributed by atoms with Crippen LogP contribution >= 0.6 is 0 Å². The van der Waals surface area contributed by atoms with Gasteiger partial charge in [-0.05, 0) is 0 Å². The van der Waals surface area contributed by atoms with Crippen molar-refractivity contribution in [1.29, 1.82) is 0 Å². The minimum atomic E-state index is -1.15. The highest BCUT2D eigenvalue weighted by molar-refractivity contribution is 5.65. The van der Waals surface area contributed by atoms with Crippen LogP contribution in [0.3, 0.4) is 0 Å². The Labute approximate surface area is 59.4 Å². The number of carbonyl (C=O) groups excluding carboxylic acids is 1. The molecule has 0 aliphatic rings. The van der Waals surface area contributed by atoms with E-state index in [0.717, 1.165) is 0 Å². The highest BCUT2D eigenvalue weighted by atomic mass is 16.4. The molecule has 10 heavy (non-hydrogen) atoms. The van der Waals surface area contributed by atoms with E-state index in [4.69, 9.17) is 5.11 Å². The molecule has 0 bridgehead atoms. The van der Waals surface area contributed by atoms with Gasteiger partial charge in [0.05, 0.1) is 0 Å². The molecule has 0 aromatic heterocycles. The molecule has 0 aromatic rings. The van der Waals surface area contributed by atoms with E-state index in [1.54, 1.807) is 0 Å². The smallest absolute Gasteiger partial charge is 0.181 e. The molecule has 1 N–H and O–H groups in total. The van der Waals surface area contributed by atoms with Crippen LogP contribution in [0.4, 0.5) is 0 Å². The van der Waals surface area contributed by atoms with Crippen LogP contribution in [0.2, 0.25) is 0 Å². The Hall–Kier alpha value is -0.900. The average Bonchev–Trinajstić information content (AvgIpc) is 1.82. The van der Waals surface area contributed by atoms with Crippen LogP contribution in [-0.4, -0.2) is 42.1 Å². The number of carboxylic acid groups (broad SMARTS) is 1. The molecule has 0 fully saturated rings. The Morgan fingerprint density at radius 2 is 2.30 bits per heavy atom. The van der Waals surface area contributed by atoms with Crippen LogP contribution in [0.1, 0.15) is 6.42 Å². The van der Waals surface area contributed by atoms with Gasteiger partial charge in [-0.25, -0.2) is 4.58 Å². The summed E-state index contributed by atoms with van der Waals surface area (Å²) in [5.41, 5.74) is 0. The predicted molar refractivity (Wildman–Crippen MR) is 33.8 cm³/mol. The normalized spacial score (nSPS) is 9.30. The summed E-state index contributed by atoms with van der Waals surface area (Å²) in [6.07, 6.45) is 0.538. The van der Waals surface area contributed by atoms with Gasteiger partial charge in [0, 0.05) is 13.0 Å². The SMILES string of the molecule is C=[N+](CCCO)CC(=O)[O-]. The van der Waals surface area contributed by atoms with Crippen molar-refractivity contribution in [2.45, 2.75) is 6.42 Å². The molecule has 0 aliphatic carbocycles. The molecule has 0 unspecified atom stereocenters. The zero-order valence-electron chi connectivity index (χ0n) is 5.75. The van der Waals surface area contributed by atoms with Gasteiger partial charge < -0.3 is 15.0 Å². The van der Waals surface area contributed by atoms with E-state index in [1.165, 1.54) is 4.58 Å². The lowest BCUT2D eigenvalue weighted by atomic mass is 10.4. The number of aliphatic hydroxyl groups excluding tert-OH is 1. The van der Waals surface area contributed by atoms with E-state index < -0.39 is 5.97 Å². The molecule has 4 nitrogen and oxygen atoms in total. The first kappa shape index (κ1) is 9.10. The second kappa shape index (κ2) is 4.93. The fraction of sp³-hybridized carbons (Fsp3) is 0.667. The monoisotopic (exact) mass is 145 g/mol. The number of aliphatic carboxylic acids is 1. The summed E-state index contributed by atoms with van der Waals surface area (Å²) in [5, 5.41) is 18.2. The summed E-state index contributed by atoms with van der Waals surface area (Å²) in [5.74, 6) is -1.15. The van der Waals surface area contributed by atoms with Crippen LogP contribution in [0.25, 0.3) is 0 Å². The van der Waals surface area contributed by atoms with Crippen molar-refractivity contribution in [2.24, 2.45) is 0 Å². The molecule has 0 saturated heterocycles. The first-order chi connectivity index (χ1) is 4.66. The topological polar surface area (TPSA) is 63.4 Å². The zero-order valence-corrected chi connectivity index (χ0v) is 5.75. The molecule has 0 rings (SSSR count). The number of aliphatic hydroxyl groups is 1. The van der Waals surface area contributed by atoms with Crippen molar-refractivity contribution < 1.29 is 19.6 Å². The number of carbonyl (C=O) groups is 1. The Balaban J connectivity index is 3.35. The molecule has 0 aliphatic heterocycles. The van der Waals surface area contributed by atoms with Gasteiger partial charge in [0.1, 0.15) is 19.2 Å².